The average molecular weight is 268 g/mol. The van der Waals surface area contributed by atoms with E-state index in [1.807, 2.05) is 0 Å². The number of ether oxygens (including phenoxy) is 1. The lowest BCUT2D eigenvalue weighted by molar-refractivity contribution is -0.102. The molecule has 112 valence electrons. The Kier molecular flexibility index (Phi) is 6.62. The smallest absolute Gasteiger partial charge is 0.0731 e. The van der Waals surface area contributed by atoms with Gasteiger partial charge < -0.3 is 10.5 Å². The van der Waals surface area contributed by atoms with Crippen molar-refractivity contribution in [1.29, 1.82) is 0 Å². The molecule has 0 amide bonds. The standard InChI is InChI=1S/C16H32N2O/c1-2-3-4-5-8-14(13-17)18-11-12-19-16-10-7-6-9-15(16)18/h14-16H,2-13,17H2,1H3. The molecule has 2 aliphatic rings. The Hall–Kier alpha value is -0.120. The molecule has 2 fully saturated rings. The van der Waals surface area contributed by atoms with Gasteiger partial charge >= 0.3 is 0 Å². The van der Waals surface area contributed by atoms with Gasteiger partial charge in [-0.05, 0) is 19.3 Å². The predicted molar refractivity (Wildman–Crippen MR) is 80.3 cm³/mol. The number of nitrogens with two attached hydrogens (primary N) is 1. The van der Waals surface area contributed by atoms with E-state index < -0.39 is 0 Å². The predicted octanol–water partition coefficient (Wildman–Crippen LogP) is 2.93. The molecule has 0 bridgehead atoms. The van der Waals surface area contributed by atoms with Crippen LogP contribution >= 0.6 is 0 Å². The van der Waals surface area contributed by atoms with Crippen LogP contribution in [-0.4, -0.2) is 42.8 Å². The summed E-state index contributed by atoms with van der Waals surface area (Å²) in [6.45, 7) is 5.09. The zero-order valence-electron chi connectivity index (χ0n) is 12.7. The van der Waals surface area contributed by atoms with E-state index in [0.717, 1.165) is 19.7 Å². The Morgan fingerprint density at radius 3 is 2.84 bits per heavy atom. The molecule has 0 aromatic heterocycles. The lowest BCUT2D eigenvalue weighted by Crippen LogP contribution is -2.57. The highest BCUT2D eigenvalue weighted by atomic mass is 16.5. The third-order valence-electron chi connectivity index (χ3n) is 4.91. The first-order chi connectivity index (χ1) is 9.36. The number of nitrogens with zero attached hydrogens (tertiary/aromatic N) is 1. The third-order valence-corrected chi connectivity index (χ3v) is 4.91. The van der Waals surface area contributed by atoms with Gasteiger partial charge in [0, 0.05) is 25.2 Å². The third kappa shape index (κ3) is 4.17. The van der Waals surface area contributed by atoms with Crippen LogP contribution in [0.3, 0.4) is 0 Å². The molecule has 0 spiro atoms. The lowest BCUT2D eigenvalue weighted by Gasteiger charge is -2.47. The maximum absolute atomic E-state index is 6.06. The minimum absolute atomic E-state index is 0.493. The van der Waals surface area contributed by atoms with Crippen LogP contribution in [0.25, 0.3) is 0 Å². The molecule has 1 aliphatic carbocycles. The van der Waals surface area contributed by atoms with Crippen LogP contribution in [0.1, 0.15) is 64.7 Å². The number of hydrogen-bond acceptors (Lipinski definition) is 3. The topological polar surface area (TPSA) is 38.5 Å². The van der Waals surface area contributed by atoms with E-state index in [1.165, 1.54) is 57.8 Å². The van der Waals surface area contributed by atoms with Crippen molar-refractivity contribution in [3.63, 3.8) is 0 Å². The normalized spacial score (nSPS) is 30.0. The molecule has 0 aromatic carbocycles. The number of unbranched alkanes of at least 4 members (excludes halogenated alkanes) is 3. The molecular formula is C16H32N2O. The van der Waals surface area contributed by atoms with Gasteiger partial charge in [-0.2, -0.15) is 0 Å². The molecule has 19 heavy (non-hydrogen) atoms. The average Bonchev–Trinajstić information content (AvgIpc) is 2.47. The van der Waals surface area contributed by atoms with Crippen molar-refractivity contribution >= 4 is 0 Å². The maximum Gasteiger partial charge on any atom is 0.0731 e. The molecule has 1 aliphatic heterocycles. The quantitative estimate of drug-likeness (QED) is 0.722. The summed E-state index contributed by atoms with van der Waals surface area (Å²) in [4.78, 5) is 2.69. The highest BCUT2D eigenvalue weighted by molar-refractivity contribution is 4.90. The van der Waals surface area contributed by atoms with Gasteiger partial charge in [0.2, 0.25) is 0 Å². The number of rotatable bonds is 7. The van der Waals surface area contributed by atoms with E-state index in [0.29, 0.717) is 18.2 Å². The molecule has 1 saturated carbocycles. The summed E-state index contributed by atoms with van der Waals surface area (Å²) >= 11 is 0. The second-order valence-electron chi connectivity index (χ2n) is 6.24. The zero-order valence-corrected chi connectivity index (χ0v) is 12.7. The molecule has 0 aromatic rings. The van der Waals surface area contributed by atoms with Gasteiger partial charge in [-0.3, -0.25) is 4.90 Å². The van der Waals surface area contributed by atoms with Gasteiger partial charge in [-0.15, -0.1) is 0 Å². The molecule has 3 nitrogen and oxygen atoms in total. The first-order valence-electron chi connectivity index (χ1n) is 8.44. The fraction of sp³-hybridized carbons (Fsp3) is 1.00. The van der Waals surface area contributed by atoms with Crippen molar-refractivity contribution in [3.8, 4) is 0 Å². The summed E-state index contributed by atoms with van der Waals surface area (Å²) in [6.07, 6.45) is 12.4. The Morgan fingerprint density at radius 2 is 2.05 bits per heavy atom. The summed E-state index contributed by atoms with van der Waals surface area (Å²) in [6, 6.07) is 1.24. The van der Waals surface area contributed by atoms with E-state index >= 15 is 0 Å². The summed E-state index contributed by atoms with van der Waals surface area (Å²) in [5.41, 5.74) is 6.06. The molecule has 3 atom stereocenters. The molecule has 2 rings (SSSR count). The molecular weight excluding hydrogens is 236 g/mol. The van der Waals surface area contributed by atoms with Crippen LogP contribution < -0.4 is 5.73 Å². The first-order valence-corrected chi connectivity index (χ1v) is 8.44. The minimum Gasteiger partial charge on any atom is -0.375 e. The van der Waals surface area contributed by atoms with Gasteiger partial charge in [0.25, 0.3) is 0 Å². The van der Waals surface area contributed by atoms with Crippen molar-refractivity contribution in [3.05, 3.63) is 0 Å². The SMILES string of the molecule is CCCCCCC(CN)N1CCOC2CCCCC21. The Balaban J connectivity index is 1.85. The van der Waals surface area contributed by atoms with Gasteiger partial charge in [0.15, 0.2) is 0 Å². The minimum atomic E-state index is 0.493. The molecule has 3 heteroatoms. The molecule has 0 radical (unpaired) electrons. The largest absolute Gasteiger partial charge is 0.375 e. The molecule has 3 unspecified atom stereocenters. The second-order valence-corrected chi connectivity index (χ2v) is 6.24. The zero-order chi connectivity index (χ0) is 13.5. The van der Waals surface area contributed by atoms with E-state index in [2.05, 4.69) is 11.8 Å². The van der Waals surface area contributed by atoms with Crippen LogP contribution in [0.2, 0.25) is 0 Å². The van der Waals surface area contributed by atoms with Gasteiger partial charge in [-0.1, -0.05) is 45.4 Å². The first kappa shape index (κ1) is 15.3. The Labute approximate surface area is 118 Å². The highest BCUT2D eigenvalue weighted by Gasteiger charge is 2.36. The van der Waals surface area contributed by atoms with E-state index in [4.69, 9.17) is 10.5 Å². The van der Waals surface area contributed by atoms with E-state index in [-0.39, 0.29) is 0 Å². The number of fused-ring (bicyclic) bond motifs is 1. The van der Waals surface area contributed by atoms with E-state index in [9.17, 15) is 0 Å². The van der Waals surface area contributed by atoms with Crippen LogP contribution in [0, 0.1) is 0 Å². The van der Waals surface area contributed by atoms with E-state index in [1.54, 1.807) is 0 Å². The highest BCUT2D eigenvalue weighted by Crippen LogP contribution is 2.30. The second kappa shape index (κ2) is 8.23. The summed E-state index contributed by atoms with van der Waals surface area (Å²) in [5.74, 6) is 0. The summed E-state index contributed by atoms with van der Waals surface area (Å²) in [5, 5.41) is 0. The summed E-state index contributed by atoms with van der Waals surface area (Å²) in [7, 11) is 0. The molecule has 2 N–H and O–H groups in total. The van der Waals surface area contributed by atoms with Crippen LogP contribution in [0.4, 0.5) is 0 Å². The van der Waals surface area contributed by atoms with Gasteiger partial charge in [-0.25, -0.2) is 0 Å². The Bertz CT molecular complexity index is 245. The van der Waals surface area contributed by atoms with Gasteiger partial charge in [0.05, 0.1) is 12.7 Å². The monoisotopic (exact) mass is 268 g/mol. The number of morpholine rings is 1. The Morgan fingerprint density at radius 1 is 1.21 bits per heavy atom. The van der Waals surface area contributed by atoms with Crippen molar-refractivity contribution in [2.24, 2.45) is 5.73 Å². The lowest BCUT2D eigenvalue weighted by atomic mass is 9.88. The van der Waals surface area contributed by atoms with Crippen molar-refractivity contribution in [2.45, 2.75) is 82.9 Å². The molecule has 1 heterocycles. The van der Waals surface area contributed by atoms with Crippen molar-refractivity contribution < 1.29 is 4.74 Å². The van der Waals surface area contributed by atoms with Crippen molar-refractivity contribution in [2.75, 3.05) is 19.7 Å². The fourth-order valence-electron chi connectivity index (χ4n) is 3.81. The number of hydrogen-bond donors (Lipinski definition) is 1. The van der Waals surface area contributed by atoms with Gasteiger partial charge in [0.1, 0.15) is 0 Å². The van der Waals surface area contributed by atoms with Crippen LogP contribution in [-0.2, 0) is 4.74 Å². The fourth-order valence-corrected chi connectivity index (χ4v) is 3.81. The molecule has 1 saturated heterocycles. The van der Waals surface area contributed by atoms with Crippen LogP contribution in [0.15, 0.2) is 0 Å². The van der Waals surface area contributed by atoms with Crippen LogP contribution in [0.5, 0.6) is 0 Å². The maximum atomic E-state index is 6.06. The summed E-state index contributed by atoms with van der Waals surface area (Å²) < 4.78 is 5.97. The van der Waals surface area contributed by atoms with Crippen molar-refractivity contribution in [1.82, 2.24) is 4.90 Å².